The fourth-order valence-electron chi connectivity index (χ4n) is 2.86. The molecule has 0 amide bonds. The number of rotatable bonds is 5. The Kier molecular flexibility index (Phi) is 5.19. The molecule has 4 nitrogen and oxygen atoms in total. The number of hydrogen-bond acceptors (Lipinski definition) is 4. The van der Waals surface area contributed by atoms with E-state index in [1.165, 1.54) is 5.56 Å². The average Bonchev–Trinajstić information content (AvgIpc) is 2.49. The van der Waals surface area contributed by atoms with Gasteiger partial charge in [-0.15, -0.1) is 0 Å². The molecule has 4 heteroatoms. The molecule has 1 aromatic carbocycles. The Morgan fingerprint density at radius 2 is 2.16 bits per heavy atom. The number of benzene rings is 1. The lowest BCUT2D eigenvalue weighted by molar-refractivity contribution is 0.0151. The first kappa shape index (κ1) is 14.3. The Morgan fingerprint density at radius 1 is 1.37 bits per heavy atom. The molecular formula is C15H24N2O2. The van der Waals surface area contributed by atoms with Crippen molar-refractivity contribution in [1.29, 1.82) is 0 Å². The number of ether oxygens (including phenoxy) is 2. The first-order valence-corrected chi connectivity index (χ1v) is 6.90. The van der Waals surface area contributed by atoms with Crippen molar-refractivity contribution in [3.8, 4) is 5.75 Å². The predicted octanol–water partition coefficient (Wildman–Crippen LogP) is 1.81. The van der Waals surface area contributed by atoms with Crippen molar-refractivity contribution in [3.63, 3.8) is 0 Å². The number of piperidine rings is 1. The summed E-state index contributed by atoms with van der Waals surface area (Å²) in [4.78, 5) is 2.41. The van der Waals surface area contributed by atoms with Crippen molar-refractivity contribution >= 4 is 0 Å². The minimum atomic E-state index is 0.203. The van der Waals surface area contributed by atoms with Crippen LogP contribution in [0.25, 0.3) is 0 Å². The quantitative estimate of drug-likeness (QED) is 0.881. The van der Waals surface area contributed by atoms with Crippen LogP contribution in [0.5, 0.6) is 5.75 Å². The van der Waals surface area contributed by atoms with E-state index < -0.39 is 0 Å². The molecule has 0 bridgehead atoms. The number of likely N-dealkylation sites (tertiary alicyclic amines) is 1. The highest BCUT2D eigenvalue weighted by molar-refractivity contribution is 5.36. The molecule has 1 saturated heterocycles. The van der Waals surface area contributed by atoms with Gasteiger partial charge < -0.3 is 15.2 Å². The Hall–Kier alpha value is -1.10. The van der Waals surface area contributed by atoms with Crippen molar-refractivity contribution in [3.05, 3.63) is 29.8 Å². The summed E-state index contributed by atoms with van der Waals surface area (Å²) >= 11 is 0. The molecule has 1 fully saturated rings. The van der Waals surface area contributed by atoms with Crippen molar-refractivity contribution in [1.82, 2.24) is 4.90 Å². The lowest BCUT2D eigenvalue weighted by Gasteiger charge is -2.37. The van der Waals surface area contributed by atoms with Gasteiger partial charge in [-0.05, 0) is 25.5 Å². The summed E-state index contributed by atoms with van der Waals surface area (Å²) in [6.45, 7) is 2.60. The fourth-order valence-corrected chi connectivity index (χ4v) is 2.86. The van der Waals surface area contributed by atoms with E-state index in [1.807, 2.05) is 18.2 Å². The van der Waals surface area contributed by atoms with Crippen molar-refractivity contribution in [2.75, 3.05) is 33.9 Å². The zero-order valence-electron chi connectivity index (χ0n) is 11.8. The van der Waals surface area contributed by atoms with E-state index in [-0.39, 0.29) is 6.04 Å². The molecule has 2 N–H and O–H groups in total. The van der Waals surface area contributed by atoms with Gasteiger partial charge >= 0.3 is 0 Å². The molecular weight excluding hydrogens is 240 g/mol. The molecule has 1 aromatic rings. The predicted molar refractivity (Wildman–Crippen MR) is 76.4 cm³/mol. The Morgan fingerprint density at radius 3 is 2.84 bits per heavy atom. The first-order chi connectivity index (χ1) is 9.30. The topological polar surface area (TPSA) is 47.7 Å². The molecule has 1 heterocycles. The highest BCUT2D eigenvalue weighted by Gasteiger charge is 2.27. The normalized spacial score (nSPS) is 22.2. The van der Waals surface area contributed by atoms with Gasteiger partial charge in [0.2, 0.25) is 0 Å². The van der Waals surface area contributed by atoms with Gasteiger partial charge in [0, 0.05) is 25.8 Å². The van der Waals surface area contributed by atoms with E-state index >= 15 is 0 Å². The molecule has 19 heavy (non-hydrogen) atoms. The summed E-state index contributed by atoms with van der Waals surface area (Å²) in [5, 5.41) is 0. The van der Waals surface area contributed by atoms with E-state index in [2.05, 4.69) is 11.0 Å². The number of para-hydroxylation sites is 1. The van der Waals surface area contributed by atoms with Crippen LogP contribution in [-0.2, 0) is 4.74 Å². The van der Waals surface area contributed by atoms with Gasteiger partial charge in [-0.2, -0.15) is 0 Å². The van der Waals surface area contributed by atoms with Crippen molar-refractivity contribution in [2.24, 2.45) is 5.73 Å². The third-order valence-corrected chi connectivity index (χ3v) is 3.90. The van der Waals surface area contributed by atoms with Gasteiger partial charge in [-0.1, -0.05) is 18.2 Å². The highest BCUT2D eigenvalue weighted by atomic mass is 16.5. The molecule has 0 spiro atoms. The van der Waals surface area contributed by atoms with E-state index in [4.69, 9.17) is 15.2 Å². The number of hydrogen-bond donors (Lipinski definition) is 1. The van der Waals surface area contributed by atoms with Gasteiger partial charge in [0.05, 0.1) is 19.3 Å². The van der Waals surface area contributed by atoms with Crippen LogP contribution < -0.4 is 10.5 Å². The number of nitrogens with two attached hydrogens (primary N) is 1. The van der Waals surface area contributed by atoms with E-state index in [9.17, 15) is 0 Å². The molecule has 2 unspecified atom stereocenters. The summed E-state index contributed by atoms with van der Waals surface area (Å²) in [5.41, 5.74) is 7.18. The smallest absolute Gasteiger partial charge is 0.123 e. The maximum Gasteiger partial charge on any atom is 0.123 e. The van der Waals surface area contributed by atoms with Gasteiger partial charge in [0.1, 0.15) is 5.75 Å². The Balaban J connectivity index is 2.19. The molecule has 1 aliphatic rings. The van der Waals surface area contributed by atoms with Crippen LogP contribution in [0, 0.1) is 0 Å². The third-order valence-electron chi connectivity index (χ3n) is 3.90. The first-order valence-electron chi connectivity index (χ1n) is 6.90. The van der Waals surface area contributed by atoms with Gasteiger partial charge in [-0.25, -0.2) is 0 Å². The standard InChI is InChI=1S/C15H24N2O2/c1-18-12-6-5-9-17(11-12)14(10-16)13-7-3-4-8-15(13)19-2/h3-4,7-8,12,14H,5-6,9-11,16H2,1-2H3. The summed E-state index contributed by atoms with van der Waals surface area (Å²) in [5.74, 6) is 0.914. The monoisotopic (exact) mass is 264 g/mol. The zero-order valence-corrected chi connectivity index (χ0v) is 11.8. The number of nitrogens with zero attached hydrogens (tertiary/aromatic N) is 1. The van der Waals surface area contributed by atoms with E-state index in [0.29, 0.717) is 12.6 Å². The molecule has 1 aliphatic heterocycles. The maximum absolute atomic E-state index is 6.01. The van der Waals surface area contributed by atoms with Crippen LogP contribution in [0.3, 0.4) is 0 Å². The van der Waals surface area contributed by atoms with Gasteiger partial charge in [-0.3, -0.25) is 4.90 Å². The van der Waals surface area contributed by atoms with E-state index in [1.54, 1.807) is 14.2 Å². The second kappa shape index (κ2) is 6.89. The van der Waals surface area contributed by atoms with Crippen LogP contribution in [0.2, 0.25) is 0 Å². The minimum absolute atomic E-state index is 0.203. The molecule has 0 saturated carbocycles. The number of methoxy groups -OCH3 is 2. The lowest BCUT2D eigenvalue weighted by atomic mass is 10.00. The third kappa shape index (κ3) is 3.26. The summed E-state index contributed by atoms with van der Waals surface area (Å²) < 4.78 is 11.0. The summed E-state index contributed by atoms with van der Waals surface area (Å²) in [7, 11) is 3.50. The summed E-state index contributed by atoms with van der Waals surface area (Å²) in [6, 6.07) is 8.33. The Bertz CT molecular complexity index is 397. The largest absolute Gasteiger partial charge is 0.496 e. The average molecular weight is 264 g/mol. The van der Waals surface area contributed by atoms with Crippen LogP contribution in [0.15, 0.2) is 24.3 Å². The van der Waals surface area contributed by atoms with Gasteiger partial charge in [0.25, 0.3) is 0 Å². The molecule has 2 atom stereocenters. The molecule has 2 rings (SSSR count). The maximum atomic E-state index is 6.01. The highest BCUT2D eigenvalue weighted by Crippen LogP contribution is 2.30. The van der Waals surface area contributed by atoms with Gasteiger partial charge in [0.15, 0.2) is 0 Å². The van der Waals surface area contributed by atoms with Crippen LogP contribution in [0.1, 0.15) is 24.4 Å². The van der Waals surface area contributed by atoms with Crippen LogP contribution >= 0.6 is 0 Å². The molecule has 0 radical (unpaired) electrons. The molecule has 0 aromatic heterocycles. The van der Waals surface area contributed by atoms with Crippen molar-refractivity contribution < 1.29 is 9.47 Å². The van der Waals surface area contributed by atoms with Crippen LogP contribution in [0.4, 0.5) is 0 Å². The van der Waals surface area contributed by atoms with E-state index in [0.717, 1.165) is 31.7 Å². The van der Waals surface area contributed by atoms with Crippen LogP contribution in [-0.4, -0.2) is 44.9 Å². The molecule has 106 valence electrons. The Labute approximate surface area is 115 Å². The minimum Gasteiger partial charge on any atom is -0.496 e. The fraction of sp³-hybridized carbons (Fsp3) is 0.600. The zero-order chi connectivity index (χ0) is 13.7. The second-order valence-corrected chi connectivity index (χ2v) is 4.99. The second-order valence-electron chi connectivity index (χ2n) is 4.99. The SMILES string of the molecule is COc1ccccc1C(CN)N1CCCC(OC)C1. The van der Waals surface area contributed by atoms with Crippen molar-refractivity contribution in [2.45, 2.75) is 25.0 Å². The molecule has 0 aliphatic carbocycles. The lowest BCUT2D eigenvalue weighted by Crippen LogP contribution is -2.43. The summed E-state index contributed by atoms with van der Waals surface area (Å²) in [6.07, 6.45) is 2.61.